The van der Waals surface area contributed by atoms with Crippen LogP contribution >= 0.6 is 0 Å². The maximum Gasteiger partial charge on any atom is 0.358 e. The van der Waals surface area contributed by atoms with E-state index < -0.39 is 11.9 Å². The Hall–Kier alpha value is -5.54. The standard InChI is InChI=1S/2C13H14N6O2/c2*20-13(21)11-12(17-9-5-14-8-15-6-9)16-7-10(18-11)19-3-1-2-4-19/h2*5-8H,1-4H2,(H,16,17)(H,20,21). The molecule has 16 heteroatoms. The lowest BCUT2D eigenvalue weighted by molar-refractivity contribution is 0.0680. The van der Waals surface area contributed by atoms with E-state index in [1.807, 2.05) is 9.80 Å². The van der Waals surface area contributed by atoms with Crippen molar-refractivity contribution in [3.05, 3.63) is 61.2 Å². The number of aromatic carboxylic acids is 2. The van der Waals surface area contributed by atoms with Crippen molar-refractivity contribution >= 4 is 46.6 Å². The highest BCUT2D eigenvalue weighted by Crippen LogP contribution is 2.23. The summed E-state index contributed by atoms with van der Waals surface area (Å²) in [6.07, 6.45) is 16.5. The maximum absolute atomic E-state index is 11.4. The lowest BCUT2D eigenvalue weighted by Crippen LogP contribution is -2.21. The minimum atomic E-state index is -1.12. The molecule has 0 bridgehead atoms. The number of hydrogen-bond donors (Lipinski definition) is 4. The molecule has 6 rings (SSSR count). The third kappa shape index (κ3) is 6.96. The van der Waals surface area contributed by atoms with E-state index in [0.29, 0.717) is 23.0 Å². The highest BCUT2D eigenvalue weighted by atomic mass is 16.4. The molecule has 6 heterocycles. The van der Waals surface area contributed by atoms with Crippen LogP contribution in [0.4, 0.5) is 34.6 Å². The summed E-state index contributed by atoms with van der Waals surface area (Å²) in [7, 11) is 0. The number of anilines is 6. The van der Waals surface area contributed by atoms with Crippen LogP contribution in [0, 0.1) is 0 Å². The van der Waals surface area contributed by atoms with E-state index >= 15 is 0 Å². The molecular formula is C26H28N12O4. The Bertz CT molecular complexity index is 1400. The molecule has 0 spiro atoms. The third-order valence-electron chi connectivity index (χ3n) is 6.43. The highest BCUT2D eigenvalue weighted by Gasteiger charge is 2.21. The van der Waals surface area contributed by atoms with Crippen LogP contribution in [-0.2, 0) is 0 Å². The van der Waals surface area contributed by atoms with Gasteiger partial charge in [0.25, 0.3) is 0 Å². The minimum absolute atomic E-state index is 0.108. The smallest absolute Gasteiger partial charge is 0.358 e. The lowest BCUT2D eigenvalue weighted by atomic mass is 10.3. The second kappa shape index (κ2) is 13.2. The fourth-order valence-electron chi connectivity index (χ4n) is 4.44. The number of aromatic nitrogens is 8. The molecule has 2 saturated heterocycles. The molecule has 0 saturated carbocycles. The fraction of sp³-hybridized carbons (Fsp3) is 0.308. The van der Waals surface area contributed by atoms with Crippen molar-refractivity contribution in [2.75, 3.05) is 46.6 Å². The number of hydrogen-bond acceptors (Lipinski definition) is 14. The van der Waals surface area contributed by atoms with Gasteiger partial charge in [-0.1, -0.05) is 0 Å². The Labute approximate surface area is 240 Å². The van der Waals surface area contributed by atoms with Crippen LogP contribution in [0.25, 0.3) is 0 Å². The average molecular weight is 573 g/mol. The largest absolute Gasteiger partial charge is 0.476 e. The molecule has 2 fully saturated rings. The molecule has 42 heavy (non-hydrogen) atoms. The second-order valence-electron chi connectivity index (χ2n) is 9.35. The van der Waals surface area contributed by atoms with Gasteiger partial charge in [-0.25, -0.2) is 49.5 Å². The Morgan fingerprint density at radius 1 is 0.595 bits per heavy atom. The molecule has 4 aromatic rings. The van der Waals surface area contributed by atoms with Gasteiger partial charge in [0.05, 0.1) is 48.6 Å². The quantitative estimate of drug-likeness (QED) is 0.239. The van der Waals surface area contributed by atoms with Gasteiger partial charge in [0.1, 0.15) is 24.3 Å². The van der Waals surface area contributed by atoms with Gasteiger partial charge in [0.2, 0.25) is 0 Å². The molecule has 216 valence electrons. The normalized spacial score (nSPS) is 14.2. The zero-order chi connectivity index (χ0) is 29.3. The first-order valence-corrected chi connectivity index (χ1v) is 13.2. The van der Waals surface area contributed by atoms with Crippen molar-refractivity contribution in [3.8, 4) is 0 Å². The van der Waals surface area contributed by atoms with Gasteiger partial charge in [-0.2, -0.15) is 0 Å². The number of rotatable bonds is 8. The zero-order valence-electron chi connectivity index (χ0n) is 22.5. The van der Waals surface area contributed by atoms with E-state index in [0.717, 1.165) is 51.9 Å². The summed E-state index contributed by atoms with van der Waals surface area (Å²) in [5, 5.41) is 24.4. The number of carboxylic acid groups (broad SMARTS) is 2. The van der Waals surface area contributed by atoms with Crippen LogP contribution in [0.2, 0.25) is 0 Å². The van der Waals surface area contributed by atoms with Crippen molar-refractivity contribution in [1.29, 1.82) is 0 Å². The maximum atomic E-state index is 11.4. The summed E-state index contributed by atoms with van der Waals surface area (Å²) in [5.74, 6) is -0.689. The summed E-state index contributed by atoms with van der Waals surface area (Å²) < 4.78 is 0. The SMILES string of the molecule is O=C(O)c1nc(N2CCCC2)cnc1Nc1cncnc1.O=C(O)c1nc(N2CCCC2)cnc1Nc1cncnc1. The van der Waals surface area contributed by atoms with Gasteiger partial charge in [-0.15, -0.1) is 0 Å². The molecule has 0 amide bonds. The first kappa shape index (κ1) is 28.0. The minimum Gasteiger partial charge on any atom is -0.476 e. The predicted octanol–water partition coefficient (Wildman–Crippen LogP) is 2.62. The molecule has 16 nitrogen and oxygen atoms in total. The predicted molar refractivity (Wildman–Crippen MR) is 152 cm³/mol. The van der Waals surface area contributed by atoms with E-state index in [1.54, 1.807) is 12.4 Å². The summed E-state index contributed by atoms with van der Waals surface area (Å²) in [6, 6.07) is 0. The van der Waals surface area contributed by atoms with Gasteiger partial charge in [-0.3, -0.25) is 0 Å². The monoisotopic (exact) mass is 572 g/mol. The summed E-state index contributed by atoms with van der Waals surface area (Å²) in [6.45, 7) is 3.53. The molecule has 2 aliphatic rings. The average Bonchev–Trinajstić information content (AvgIpc) is 3.75. The fourth-order valence-corrected chi connectivity index (χ4v) is 4.44. The number of carboxylic acids is 2. The lowest BCUT2D eigenvalue weighted by Gasteiger charge is -2.17. The molecule has 0 aliphatic carbocycles. The Morgan fingerprint density at radius 3 is 1.29 bits per heavy atom. The van der Waals surface area contributed by atoms with Crippen molar-refractivity contribution < 1.29 is 19.8 Å². The Morgan fingerprint density at radius 2 is 0.952 bits per heavy atom. The van der Waals surface area contributed by atoms with Gasteiger partial charge < -0.3 is 30.6 Å². The Balaban J connectivity index is 0.000000168. The van der Waals surface area contributed by atoms with Gasteiger partial charge in [0, 0.05) is 26.2 Å². The van der Waals surface area contributed by atoms with Crippen molar-refractivity contribution in [2.24, 2.45) is 0 Å². The first-order chi connectivity index (χ1) is 20.5. The van der Waals surface area contributed by atoms with E-state index in [-0.39, 0.29) is 23.0 Å². The molecule has 0 aromatic carbocycles. The summed E-state index contributed by atoms with van der Waals surface area (Å²) in [5.41, 5.74) is 0.901. The summed E-state index contributed by atoms with van der Waals surface area (Å²) >= 11 is 0. The molecule has 4 aromatic heterocycles. The van der Waals surface area contributed by atoms with Crippen LogP contribution in [0.5, 0.6) is 0 Å². The molecule has 4 N–H and O–H groups in total. The number of nitrogens with one attached hydrogen (secondary N) is 2. The van der Waals surface area contributed by atoms with Crippen molar-refractivity contribution in [3.63, 3.8) is 0 Å². The van der Waals surface area contributed by atoms with Crippen LogP contribution < -0.4 is 20.4 Å². The Kier molecular flexibility index (Phi) is 8.81. The molecule has 2 aliphatic heterocycles. The molecule has 0 unspecified atom stereocenters. The van der Waals surface area contributed by atoms with Crippen molar-refractivity contribution in [1.82, 2.24) is 39.9 Å². The molecule has 0 atom stereocenters. The number of nitrogens with zero attached hydrogens (tertiary/aromatic N) is 10. The summed E-state index contributed by atoms with van der Waals surface area (Å²) in [4.78, 5) is 59.1. The van der Waals surface area contributed by atoms with E-state index in [4.69, 9.17) is 0 Å². The van der Waals surface area contributed by atoms with E-state index in [2.05, 4.69) is 50.5 Å². The molecular weight excluding hydrogens is 544 g/mol. The van der Waals surface area contributed by atoms with Crippen molar-refractivity contribution in [2.45, 2.75) is 25.7 Å². The van der Waals surface area contributed by atoms with Gasteiger partial charge >= 0.3 is 11.9 Å². The van der Waals surface area contributed by atoms with Crippen LogP contribution in [0.1, 0.15) is 46.7 Å². The van der Waals surface area contributed by atoms with Crippen LogP contribution in [0.15, 0.2) is 49.8 Å². The highest BCUT2D eigenvalue weighted by molar-refractivity contribution is 5.92. The zero-order valence-corrected chi connectivity index (χ0v) is 22.5. The van der Waals surface area contributed by atoms with Crippen LogP contribution in [-0.4, -0.2) is 88.2 Å². The van der Waals surface area contributed by atoms with Crippen LogP contribution in [0.3, 0.4) is 0 Å². The van der Waals surface area contributed by atoms with E-state index in [9.17, 15) is 19.8 Å². The topological polar surface area (TPSA) is 208 Å². The molecule has 0 radical (unpaired) electrons. The van der Waals surface area contributed by atoms with E-state index in [1.165, 1.54) is 37.4 Å². The number of carbonyl (C=O) groups is 2. The third-order valence-corrected chi connectivity index (χ3v) is 6.43. The van der Waals surface area contributed by atoms with Gasteiger partial charge in [-0.05, 0) is 25.7 Å². The first-order valence-electron chi connectivity index (χ1n) is 13.2. The van der Waals surface area contributed by atoms with Gasteiger partial charge in [0.15, 0.2) is 23.0 Å². The second-order valence-corrected chi connectivity index (χ2v) is 9.35.